The molecule has 0 saturated carbocycles. The van der Waals surface area contributed by atoms with Crippen molar-refractivity contribution in [1.29, 1.82) is 0 Å². The molecule has 1 rings (SSSR count). The van der Waals surface area contributed by atoms with E-state index in [9.17, 15) is 4.79 Å². The van der Waals surface area contributed by atoms with Crippen LogP contribution in [0.3, 0.4) is 0 Å². The van der Waals surface area contributed by atoms with Gasteiger partial charge in [0.1, 0.15) is 0 Å². The van der Waals surface area contributed by atoms with Crippen molar-refractivity contribution < 1.29 is 4.79 Å². The van der Waals surface area contributed by atoms with Crippen LogP contribution in [0.15, 0.2) is 30.3 Å². The molecule has 0 aliphatic carbocycles. The summed E-state index contributed by atoms with van der Waals surface area (Å²) >= 11 is 0. The van der Waals surface area contributed by atoms with E-state index >= 15 is 0 Å². The van der Waals surface area contributed by atoms with E-state index < -0.39 is 0 Å². The first-order valence-electron chi connectivity index (χ1n) is 6.89. The van der Waals surface area contributed by atoms with Gasteiger partial charge in [-0.1, -0.05) is 51.1 Å². The highest BCUT2D eigenvalue weighted by atomic mass is 35.5. The Balaban J connectivity index is 0.00000361. The Morgan fingerprint density at radius 1 is 1.25 bits per heavy atom. The van der Waals surface area contributed by atoms with Crippen LogP contribution in [0.2, 0.25) is 0 Å². The highest BCUT2D eigenvalue weighted by Crippen LogP contribution is 2.20. The summed E-state index contributed by atoms with van der Waals surface area (Å²) in [5.74, 6) is -0.108. The Kier molecular flexibility index (Phi) is 7.84. The summed E-state index contributed by atoms with van der Waals surface area (Å²) in [6.45, 7) is 8.72. The number of hydrogen-bond donors (Lipinski definition) is 2. The van der Waals surface area contributed by atoms with Crippen LogP contribution in [0.25, 0.3) is 0 Å². The summed E-state index contributed by atoms with van der Waals surface area (Å²) in [5.41, 5.74) is 7.07. The van der Waals surface area contributed by atoms with Crippen molar-refractivity contribution >= 4 is 18.3 Å². The van der Waals surface area contributed by atoms with Gasteiger partial charge < -0.3 is 11.1 Å². The van der Waals surface area contributed by atoms with Crippen LogP contribution in [-0.2, 0) is 11.2 Å². The number of carbonyl (C=O) groups is 1. The fourth-order valence-corrected chi connectivity index (χ4v) is 1.94. The van der Waals surface area contributed by atoms with E-state index in [-0.39, 0.29) is 35.7 Å². The van der Waals surface area contributed by atoms with Gasteiger partial charge in [0.15, 0.2) is 0 Å². The zero-order chi connectivity index (χ0) is 14.5. The number of halogens is 1. The quantitative estimate of drug-likeness (QED) is 0.848. The Morgan fingerprint density at radius 2 is 1.80 bits per heavy atom. The number of amides is 1. The predicted octanol–water partition coefficient (Wildman–Crippen LogP) is 2.78. The van der Waals surface area contributed by atoms with Gasteiger partial charge in [-0.15, -0.1) is 12.4 Å². The third-order valence-electron chi connectivity index (χ3n) is 3.47. The van der Waals surface area contributed by atoms with E-state index in [0.29, 0.717) is 6.54 Å². The maximum atomic E-state index is 11.9. The Bertz CT molecular complexity index is 404. The molecule has 0 saturated heterocycles. The molecule has 4 heteroatoms. The van der Waals surface area contributed by atoms with Gasteiger partial charge in [0.05, 0.1) is 0 Å². The van der Waals surface area contributed by atoms with Gasteiger partial charge in [0, 0.05) is 18.5 Å². The van der Waals surface area contributed by atoms with E-state index in [1.165, 1.54) is 5.56 Å². The highest BCUT2D eigenvalue weighted by molar-refractivity contribution is 5.85. The fraction of sp³-hybridized carbons (Fsp3) is 0.562. The average Bonchev–Trinajstić information content (AvgIpc) is 2.35. The predicted molar refractivity (Wildman–Crippen MR) is 87.0 cm³/mol. The summed E-state index contributed by atoms with van der Waals surface area (Å²) in [7, 11) is 0. The van der Waals surface area contributed by atoms with Gasteiger partial charge >= 0.3 is 0 Å². The van der Waals surface area contributed by atoms with E-state index in [0.717, 1.165) is 6.42 Å². The summed E-state index contributed by atoms with van der Waals surface area (Å²) in [6.07, 6.45) is 0.945. The van der Waals surface area contributed by atoms with Crippen molar-refractivity contribution in [3.63, 3.8) is 0 Å². The molecule has 20 heavy (non-hydrogen) atoms. The van der Waals surface area contributed by atoms with E-state index in [1.54, 1.807) is 0 Å². The normalized spacial score (nSPS) is 14.1. The van der Waals surface area contributed by atoms with E-state index in [4.69, 9.17) is 5.73 Å². The summed E-state index contributed by atoms with van der Waals surface area (Å²) in [4.78, 5) is 11.9. The van der Waals surface area contributed by atoms with Gasteiger partial charge in [-0.25, -0.2) is 0 Å². The lowest BCUT2D eigenvalue weighted by Crippen LogP contribution is -2.42. The lowest BCUT2D eigenvalue weighted by molar-refractivity contribution is -0.125. The molecule has 3 nitrogen and oxygen atoms in total. The first-order chi connectivity index (χ1) is 8.82. The molecule has 0 aromatic heterocycles. The molecule has 2 unspecified atom stereocenters. The number of carbonyl (C=O) groups excluding carboxylic acids is 1. The Hall–Kier alpha value is -1.06. The lowest BCUT2D eigenvalue weighted by Gasteiger charge is -2.26. The molecule has 0 bridgehead atoms. The van der Waals surface area contributed by atoms with Crippen LogP contribution < -0.4 is 11.1 Å². The summed E-state index contributed by atoms with van der Waals surface area (Å²) in [6, 6.07) is 10.2. The molecule has 0 heterocycles. The van der Waals surface area contributed by atoms with Crippen LogP contribution in [0.5, 0.6) is 0 Å². The van der Waals surface area contributed by atoms with Crippen LogP contribution in [0.1, 0.15) is 33.3 Å². The van der Waals surface area contributed by atoms with Crippen molar-refractivity contribution in [3.8, 4) is 0 Å². The fourth-order valence-electron chi connectivity index (χ4n) is 1.94. The summed E-state index contributed by atoms with van der Waals surface area (Å²) < 4.78 is 0. The smallest absolute Gasteiger partial charge is 0.224 e. The topological polar surface area (TPSA) is 55.1 Å². The second-order valence-corrected chi connectivity index (χ2v) is 6.19. The minimum atomic E-state index is -0.146. The molecule has 0 fully saturated rings. The third-order valence-corrected chi connectivity index (χ3v) is 3.47. The van der Waals surface area contributed by atoms with Gasteiger partial charge in [-0.05, 0) is 24.3 Å². The van der Waals surface area contributed by atoms with Crippen LogP contribution >= 0.6 is 12.4 Å². The number of hydrogen-bond acceptors (Lipinski definition) is 2. The first-order valence-corrected chi connectivity index (χ1v) is 6.89. The second kappa shape index (κ2) is 8.28. The number of rotatable bonds is 6. The van der Waals surface area contributed by atoms with Gasteiger partial charge in [0.25, 0.3) is 0 Å². The molecule has 2 atom stereocenters. The van der Waals surface area contributed by atoms with Crippen LogP contribution in [-0.4, -0.2) is 18.5 Å². The largest absolute Gasteiger partial charge is 0.355 e. The third kappa shape index (κ3) is 6.40. The average molecular weight is 299 g/mol. The number of nitrogens with two attached hydrogens (primary N) is 1. The standard InChI is InChI=1S/C16H26N2O.ClH/c1-12(13(2)17)15(19)18-11-16(3,4)10-14-8-6-5-7-9-14;/h5-9,12-13H,10-11,17H2,1-4H3,(H,18,19);1H. The first kappa shape index (κ1) is 18.9. The number of nitrogens with one attached hydrogen (secondary N) is 1. The maximum absolute atomic E-state index is 11.9. The monoisotopic (exact) mass is 298 g/mol. The molecule has 0 spiro atoms. The molecule has 1 aromatic carbocycles. The molecule has 1 aromatic rings. The van der Waals surface area contributed by atoms with E-state index in [1.807, 2.05) is 32.0 Å². The highest BCUT2D eigenvalue weighted by Gasteiger charge is 2.22. The molecule has 1 amide bonds. The lowest BCUT2D eigenvalue weighted by atomic mass is 9.85. The van der Waals surface area contributed by atoms with Crippen molar-refractivity contribution in [1.82, 2.24) is 5.32 Å². The molecule has 3 N–H and O–H groups in total. The zero-order valence-electron chi connectivity index (χ0n) is 12.8. The molecule has 114 valence electrons. The van der Waals surface area contributed by atoms with Crippen LogP contribution in [0, 0.1) is 11.3 Å². The minimum absolute atomic E-state index is 0. The molecular formula is C16H27ClN2O. The molecule has 0 aliphatic heterocycles. The molecular weight excluding hydrogens is 272 g/mol. The Morgan fingerprint density at radius 3 is 2.30 bits per heavy atom. The van der Waals surface area contributed by atoms with Crippen molar-refractivity contribution in [2.75, 3.05) is 6.54 Å². The molecule has 0 aliphatic rings. The van der Waals surface area contributed by atoms with Gasteiger partial charge in [-0.3, -0.25) is 4.79 Å². The minimum Gasteiger partial charge on any atom is -0.355 e. The van der Waals surface area contributed by atoms with Gasteiger partial charge in [0.2, 0.25) is 5.91 Å². The van der Waals surface area contributed by atoms with Gasteiger partial charge in [-0.2, -0.15) is 0 Å². The Labute approximate surface area is 128 Å². The van der Waals surface area contributed by atoms with Crippen molar-refractivity contribution in [2.45, 2.75) is 40.2 Å². The molecule has 0 radical (unpaired) electrons. The SMILES string of the molecule is CC(N)C(C)C(=O)NCC(C)(C)Cc1ccccc1.Cl. The number of benzene rings is 1. The second-order valence-electron chi connectivity index (χ2n) is 6.19. The zero-order valence-corrected chi connectivity index (χ0v) is 13.7. The maximum Gasteiger partial charge on any atom is 0.224 e. The summed E-state index contributed by atoms with van der Waals surface area (Å²) in [5, 5.41) is 3.01. The van der Waals surface area contributed by atoms with E-state index in [2.05, 4.69) is 31.3 Å². The van der Waals surface area contributed by atoms with Crippen LogP contribution in [0.4, 0.5) is 0 Å². The van der Waals surface area contributed by atoms with Crippen molar-refractivity contribution in [2.24, 2.45) is 17.1 Å². The van der Waals surface area contributed by atoms with Crippen molar-refractivity contribution in [3.05, 3.63) is 35.9 Å².